The van der Waals surface area contributed by atoms with Crippen LogP contribution in [-0.4, -0.2) is 6.61 Å². The highest BCUT2D eigenvalue weighted by Gasteiger charge is 2.14. The molecule has 0 aliphatic carbocycles. The zero-order valence-electron chi connectivity index (χ0n) is 7.20. The average molecular weight is 162 g/mol. The van der Waals surface area contributed by atoms with Crippen LogP contribution in [0.1, 0.15) is 30.9 Å². The maximum atomic E-state index is 5.66. The molecule has 1 aliphatic rings. The van der Waals surface area contributed by atoms with E-state index in [0.29, 0.717) is 6.10 Å². The topological polar surface area (TPSA) is 9.23 Å². The Morgan fingerprint density at radius 1 is 1.08 bits per heavy atom. The zero-order valence-corrected chi connectivity index (χ0v) is 7.20. The standard InChI is InChI=1S/C11H14O/c1-2-6-10(7-3-1)11-8-4-5-9-12-11/h1-3,6-7,11H,4-5,8-9H2/t11-/m1/s1. The van der Waals surface area contributed by atoms with E-state index in [1.54, 1.807) is 0 Å². The molecule has 2 rings (SSSR count). The van der Waals surface area contributed by atoms with Gasteiger partial charge in [-0.2, -0.15) is 0 Å². The normalized spacial score (nSPS) is 23.8. The summed E-state index contributed by atoms with van der Waals surface area (Å²) in [5, 5.41) is 0. The second-order valence-corrected chi connectivity index (χ2v) is 3.27. The molecule has 0 spiro atoms. The lowest BCUT2D eigenvalue weighted by molar-refractivity contribution is 0.0149. The maximum absolute atomic E-state index is 5.66. The molecule has 0 bridgehead atoms. The van der Waals surface area contributed by atoms with Crippen molar-refractivity contribution in [1.29, 1.82) is 0 Å². The summed E-state index contributed by atoms with van der Waals surface area (Å²) >= 11 is 0. The van der Waals surface area contributed by atoms with Crippen LogP contribution in [0.3, 0.4) is 0 Å². The van der Waals surface area contributed by atoms with Gasteiger partial charge < -0.3 is 4.74 Å². The Kier molecular flexibility index (Phi) is 2.42. The summed E-state index contributed by atoms with van der Waals surface area (Å²) in [5.74, 6) is 0. The van der Waals surface area contributed by atoms with Gasteiger partial charge in [-0.15, -0.1) is 0 Å². The fourth-order valence-corrected chi connectivity index (χ4v) is 1.67. The number of benzene rings is 1. The largest absolute Gasteiger partial charge is 0.374 e. The van der Waals surface area contributed by atoms with E-state index in [9.17, 15) is 0 Å². The molecule has 1 aromatic carbocycles. The molecule has 1 nitrogen and oxygen atoms in total. The van der Waals surface area contributed by atoms with E-state index in [1.807, 2.05) is 6.07 Å². The highest BCUT2D eigenvalue weighted by molar-refractivity contribution is 5.17. The minimum atomic E-state index is 0.361. The lowest BCUT2D eigenvalue weighted by Gasteiger charge is -2.22. The van der Waals surface area contributed by atoms with Crippen LogP contribution in [0.15, 0.2) is 30.3 Å². The molecule has 1 aromatic rings. The first-order chi connectivity index (χ1) is 5.97. The van der Waals surface area contributed by atoms with E-state index in [0.717, 1.165) is 6.61 Å². The number of hydrogen-bond acceptors (Lipinski definition) is 1. The summed E-state index contributed by atoms with van der Waals surface area (Å²) in [5.41, 5.74) is 1.33. The van der Waals surface area contributed by atoms with E-state index in [4.69, 9.17) is 4.74 Å². The van der Waals surface area contributed by atoms with Crippen LogP contribution in [0, 0.1) is 0 Å². The first-order valence-corrected chi connectivity index (χ1v) is 4.63. The summed E-state index contributed by atoms with van der Waals surface area (Å²) in [6, 6.07) is 10.5. The van der Waals surface area contributed by atoms with Gasteiger partial charge in [0.2, 0.25) is 0 Å². The highest BCUT2D eigenvalue weighted by Crippen LogP contribution is 2.26. The number of ether oxygens (including phenoxy) is 1. The van der Waals surface area contributed by atoms with Crippen molar-refractivity contribution in [2.24, 2.45) is 0 Å². The minimum Gasteiger partial charge on any atom is -0.374 e. The summed E-state index contributed by atoms with van der Waals surface area (Å²) in [6.07, 6.45) is 4.08. The van der Waals surface area contributed by atoms with Gasteiger partial charge in [0.1, 0.15) is 0 Å². The molecule has 1 heteroatoms. The Labute approximate surface area is 73.4 Å². The quantitative estimate of drug-likeness (QED) is 0.617. The molecule has 1 aliphatic heterocycles. The highest BCUT2D eigenvalue weighted by atomic mass is 16.5. The molecule has 64 valence electrons. The van der Waals surface area contributed by atoms with Gasteiger partial charge in [0, 0.05) is 6.61 Å². The Balaban J connectivity index is 2.08. The van der Waals surface area contributed by atoms with Crippen LogP contribution < -0.4 is 0 Å². The number of hydrogen-bond donors (Lipinski definition) is 0. The van der Waals surface area contributed by atoms with E-state index in [1.165, 1.54) is 24.8 Å². The van der Waals surface area contributed by atoms with Gasteiger partial charge >= 0.3 is 0 Å². The third-order valence-corrected chi connectivity index (χ3v) is 2.35. The van der Waals surface area contributed by atoms with E-state index >= 15 is 0 Å². The molecule has 1 fully saturated rings. The predicted octanol–water partition coefficient (Wildman–Crippen LogP) is 2.93. The van der Waals surface area contributed by atoms with Crippen LogP contribution in [0.2, 0.25) is 0 Å². The predicted molar refractivity (Wildman–Crippen MR) is 49.0 cm³/mol. The first kappa shape index (κ1) is 7.81. The second kappa shape index (κ2) is 3.72. The molecular formula is C11H14O. The van der Waals surface area contributed by atoms with Crippen molar-refractivity contribution in [3.63, 3.8) is 0 Å². The summed E-state index contributed by atoms with van der Waals surface area (Å²) in [7, 11) is 0. The Morgan fingerprint density at radius 3 is 2.58 bits per heavy atom. The Bertz CT molecular complexity index is 224. The van der Waals surface area contributed by atoms with Crippen molar-refractivity contribution >= 4 is 0 Å². The molecule has 0 unspecified atom stereocenters. The van der Waals surface area contributed by atoms with Crippen LogP contribution in [0.5, 0.6) is 0 Å². The molecule has 0 N–H and O–H groups in total. The monoisotopic (exact) mass is 162 g/mol. The molecule has 1 saturated heterocycles. The van der Waals surface area contributed by atoms with Gasteiger partial charge in [-0.3, -0.25) is 0 Å². The van der Waals surface area contributed by atoms with E-state index in [-0.39, 0.29) is 0 Å². The zero-order chi connectivity index (χ0) is 8.23. The fourth-order valence-electron chi connectivity index (χ4n) is 1.67. The minimum absolute atomic E-state index is 0.361. The van der Waals surface area contributed by atoms with Crippen LogP contribution in [0.4, 0.5) is 0 Å². The lowest BCUT2D eigenvalue weighted by atomic mass is 10.0. The van der Waals surface area contributed by atoms with Crippen molar-refractivity contribution in [2.45, 2.75) is 25.4 Å². The van der Waals surface area contributed by atoms with Gasteiger partial charge in [-0.05, 0) is 24.8 Å². The maximum Gasteiger partial charge on any atom is 0.0824 e. The fraction of sp³-hybridized carbons (Fsp3) is 0.455. The second-order valence-electron chi connectivity index (χ2n) is 3.27. The molecule has 0 radical (unpaired) electrons. The summed E-state index contributed by atoms with van der Waals surface area (Å²) < 4.78 is 5.66. The molecular weight excluding hydrogens is 148 g/mol. The van der Waals surface area contributed by atoms with Crippen LogP contribution in [0.25, 0.3) is 0 Å². The van der Waals surface area contributed by atoms with Gasteiger partial charge in [-0.25, -0.2) is 0 Å². The molecule has 0 saturated carbocycles. The number of rotatable bonds is 1. The molecule has 0 amide bonds. The van der Waals surface area contributed by atoms with Crippen LogP contribution >= 0.6 is 0 Å². The summed E-state index contributed by atoms with van der Waals surface area (Å²) in [4.78, 5) is 0. The molecule has 12 heavy (non-hydrogen) atoms. The Morgan fingerprint density at radius 2 is 1.92 bits per heavy atom. The van der Waals surface area contributed by atoms with Crippen molar-refractivity contribution in [3.8, 4) is 0 Å². The Hall–Kier alpha value is -0.820. The van der Waals surface area contributed by atoms with Crippen molar-refractivity contribution < 1.29 is 4.74 Å². The van der Waals surface area contributed by atoms with E-state index < -0.39 is 0 Å². The molecule has 1 atom stereocenters. The van der Waals surface area contributed by atoms with Crippen molar-refractivity contribution in [3.05, 3.63) is 35.9 Å². The van der Waals surface area contributed by atoms with Crippen LogP contribution in [-0.2, 0) is 4.74 Å². The van der Waals surface area contributed by atoms with Crippen molar-refractivity contribution in [2.75, 3.05) is 6.61 Å². The third-order valence-electron chi connectivity index (χ3n) is 2.35. The van der Waals surface area contributed by atoms with E-state index in [2.05, 4.69) is 24.3 Å². The molecule has 0 aromatic heterocycles. The van der Waals surface area contributed by atoms with Gasteiger partial charge in [-0.1, -0.05) is 30.3 Å². The summed E-state index contributed by atoms with van der Waals surface area (Å²) in [6.45, 7) is 0.930. The van der Waals surface area contributed by atoms with Gasteiger partial charge in [0.05, 0.1) is 6.10 Å². The van der Waals surface area contributed by atoms with Gasteiger partial charge in [0.15, 0.2) is 0 Å². The van der Waals surface area contributed by atoms with Crippen molar-refractivity contribution in [1.82, 2.24) is 0 Å². The third kappa shape index (κ3) is 1.67. The van der Waals surface area contributed by atoms with Gasteiger partial charge in [0.25, 0.3) is 0 Å². The average Bonchev–Trinajstić information content (AvgIpc) is 2.21. The first-order valence-electron chi connectivity index (χ1n) is 4.63. The SMILES string of the molecule is c1ccc([C@H]2CCCCO2)cc1. The smallest absolute Gasteiger partial charge is 0.0824 e. The lowest BCUT2D eigenvalue weighted by Crippen LogP contribution is -2.11. The molecule has 1 heterocycles.